The smallest absolute Gasteiger partial charge is 0.277 e. The summed E-state index contributed by atoms with van der Waals surface area (Å²) in [6.45, 7) is 3.30. The number of amides is 1. The lowest BCUT2D eigenvalue weighted by atomic mass is 10.3. The monoisotopic (exact) mass is 405 g/mol. The van der Waals surface area contributed by atoms with E-state index in [-0.39, 0.29) is 22.8 Å². The van der Waals surface area contributed by atoms with Gasteiger partial charge in [0.1, 0.15) is 5.82 Å². The van der Waals surface area contributed by atoms with Gasteiger partial charge in [-0.25, -0.2) is 8.78 Å². The standard InChI is InChI=1S/C19H17F2N3O3S/c1-11(26-16-9-4-3-8-15(16)21)18-23-24-19(27-18)28-12(2)17(25)22-14-7-5-6-13(20)10-14/h3-12H,1-2H3,(H,22,25)/t11-,12+/m0/s1. The zero-order chi connectivity index (χ0) is 20.1. The van der Waals surface area contributed by atoms with Crippen LogP contribution in [0, 0.1) is 11.6 Å². The summed E-state index contributed by atoms with van der Waals surface area (Å²) in [5.41, 5.74) is 0.357. The van der Waals surface area contributed by atoms with E-state index in [4.69, 9.17) is 9.15 Å². The number of rotatable bonds is 7. The molecule has 1 heterocycles. The number of benzene rings is 2. The van der Waals surface area contributed by atoms with E-state index in [0.717, 1.165) is 11.8 Å². The molecule has 3 rings (SSSR count). The predicted molar refractivity (Wildman–Crippen MR) is 100 cm³/mol. The van der Waals surface area contributed by atoms with Gasteiger partial charge in [-0.05, 0) is 44.2 Å². The number of aromatic nitrogens is 2. The number of halogens is 2. The minimum Gasteiger partial charge on any atom is -0.478 e. The quantitative estimate of drug-likeness (QED) is 0.579. The van der Waals surface area contributed by atoms with E-state index in [1.54, 1.807) is 32.0 Å². The lowest BCUT2D eigenvalue weighted by molar-refractivity contribution is -0.115. The van der Waals surface area contributed by atoms with Crippen molar-refractivity contribution in [3.05, 3.63) is 66.1 Å². The second kappa shape index (κ2) is 8.83. The van der Waals surface area contributed by atoms with Gasteiger partial charge in [-0.3, -0.25) is 4.79 Å². The molecule has 1 amide bonds. The number of nitrogens with zero attached hydrogens (tertiary/aromatic N) is 2. The van der Waals surface area contributed by atoms with Gasteiger partial charge in [0.15, 0.2) is 17.7 Å². The van der Waals surface area contributed by atoms with Crippen LogP contribution in [0.4, 0.5) is 14.5 Å². The van der Waals surface area contributed by atoms with Crippen LogP contribution in [0.3, 0.4) is 0 Å². The van der Waals surface area contributed by atoms with Gasteiger partial charge in [-0.2, -0.15) is 0 Å². The molecule has 0 bridgehead atoms. The molecule has 1 N–H and O–H groups in total. The van der Waals surface area contributed by atoms with Crippen LogP contribution in [0.1, 0.15) is 25.8 Å². The highest BCUT2D eigenvalue weighted by Crippen LogP contribution is 2.27. The van der Waals surface area contributed by atoms with Crippen molar-refractivity contribution in [3.8, 4) is 5.75 Å². The van der Waals surface area contributed by atoms with Gasteiger partial charge in [0.2, 0.25) is 5.91 Å². The van der Waals surface area contributed by atoms with Crippen LogP contribution >= 0.6 is 11.8 Å². The Morgan fingerprint density at radius 1 is 1.14 bits per heavy atom. The van der Waals surface area contributed by atoms with E-state index in [2.05, 4.69) is 15.5 Å². The molecule has 28 heavy (non-hydrogen) atoms. The lowest BCUT2D eigenvalue weighted by Crippen LogP contribution is -2.22. The van der Waals surface area contributed by atoms with Crippen LogP contribution in [0.5, 0.6) is 5.75 Å². The van der Waals surface area contributed by atoms with E-state index >= 15 is 0 Å². The van der Waals surface area contributed by atoms with Gasteiger partial charge >= 0.3 is 0 Å². The highest BCUT2D eigenvalue weighted by molar-refractivity contribution is 8.00. The largest absolute Gasteiger partial charge is 0.478 e. The number of thioether (sulfide) groups is 1. The third kappa shape index (κ3) is 5.07. The first-order valence-electron chi connectivity index (χ1n) is 8.40. The maximum Gasteiger partial charge on any atom is 0.277 e. The van der Waals surface area contributed by atoms with Crippen molar-refractivity contribution in [1.29, 1.82) is 0 Å². The minimum absolute atomic E-state index is 0.0743. The molecule has 146 valence electrons. The molecule has 9 heteroatoms. The summed E-state index contributed by atoms with van der Waals surface area (Å²) in [4.78, 5) is 12.2. The number of carbonyl (C=O) groups is 1. The Kier molecular flexibility index (Phi) is 6.25. The van der Waals surface area contributed by atoms with Gasteiger partial charge < -0.3 is 14.5 Å². The number of anilines is 1. The molecule has 0 unspecified atom stereocenters. The van der Waals surface area contributed by atoms with Gasteiger partial charge in [0, 0.05) is 5.69 Å². The highest BCUT2D eigenvalue weighted by atomic mass is 32.2. The topological polar surface area (TPSA) is 77.2 Å². The Morgan fingerprint density at radius 3 is 2.68 bits per heavy atom. The first-order chi connectivity index (χ1) is 13.4. The van der Waals surface area contributed by atoms with Crippen molar-refractivity contribution < 1.29 is 22.7 Å². The zero-order valence-electron chi connectivity index (χ0n) is 15.1. The summed E-state index contributed by atoms with van der Waals surface area (Å²) < 4.78 is 37.9. The number of carbonyl (C=O) groups excluding carboxylic acids is 1. The fourth-order valence-electron chi connectivity index (χ4n) is 2.23. The Hall–Kier alpha value is -2.94. The van der Waals surface area contributed by atoms with Crippen molar-refractivity contribution in [1.82, 2.24) is 10.2 Å². The fraction of sp³-hybridized carbons (Fsp3) is 0.211. The normalized spacial score (nSPS) is 13.0. The molecule has 0 radical (unpaired) electrons. The highest BCUT2D eigenvalue weighted by Gasteiger charge is 2.21. The molecule has 3 aromatic rings. The summed E-state index contributed by atoms with van der Waals surface area (Å²) >= 11 is 1.05. The summed E-state index contributed by atoms with van der Waals surface area (Å²) in [5.74, 6) is -1.05. The maximum absolute atomic E-state index is 13.7. The lowest BCUT2D eigenvalue weighted by Gasteiger charge is -2.11. The zero-order valence-corrected chi connectivity index (χ0v) is 15.9. The molecule has 0 fully saturated rings. The SMILES string of the molecule is C[C@H](Oc1ccccc1F)c1nnc(S[C@H](C)C(=O)Nc2cccc(F)c2)o1. The Bertz CT molecular complexity index is 967. The second-order valence-corrected chi connectivity index (χ2v) is 7.15. The molecular formula is C19H17F2N3O3S. The second-order valence-electron chi connectivity index (χ2n) is 5.86. The maximum atomic E-state index is 13.7. The van der Waals surface area contributed by atoms with Crippen molar-refractivity contribution in [2.45, 2.75) is 30.4 Å². The molecule has 0 saturated carbocycles. The number of para-hydroxylation sites is 1. The van der Waals surface area contributed by atoms with Gasteiger partial charge in [0.05, 0.1) is 5.25 Å². The third-order valence-corrected chi connectivity index (χ3v) is 4.58. The number of nitrogens with one attached hydrogen (secondary N) is 1. The van der Waals surface area contributed by atoms with E-state index in [1.165, 1.54) is 30.3 Å². The average molecular weight is 405 g/mol. The van der Waals surface area contributed by atoms with Gasteiger partial charge in [0.25, 0.3) is 11.1 Å². The van der Waals surface area contributed by atoms with Crippen molar-refractivity contribution >= 4 is 23.4 Å². The van der Waals surface area contributed by atoms with Crippen LogP contribution in [0.15, 0.2) is 58.2 Å². The van der Waals surface area contributed by atoms with Crippen LogP contribution in [-0.2, 0) is 4.79 Å². The minimum atomic E-state index is -0.671. The third-order valence-electron chi connectivity index (χ3n) is 3.65. The average Bonchev–Trinajstić information content (AvgIpc) is 3.12. The van der Waals surface area contributed by atoms with Crippen molar-refractivity contribution in [2.24, 2.45) is 0 Å². The molecule has 2 aromatic carbocycles. The summed E-state index contributed by atoms with van der Waals surface area (Å²) in [5, 5.41) is 9.97. The van der Waals surface area contributed by atoms with Gasteiger partial charge in [-0.1, -0.05) is 30.0 Å². The van der Waals surface area contributed by atoms with Crippen LogP contribution in [0.25, 0.3) is 0 Å². The molecule has 0 aliphatic carbocycles. The Labute approximate surface area is 164 Å². The fourth-order valence-corrected chi connectivity index (χ4v) is 2.92. The van der Waals surface area contributed by atoms with Crippen molar-refractivity contribution in [2.75, 3.05) is 5.32 Å². The Balaban J connectivity index is 1.59. The first kappa shape index (κ1) is 19.8. The summed E-state index contributed by atoms with van der Waals surface area (Å²) in [7, 11) is 0. The molecule has 2 atom stereocenters. The van der Waals surface area contributed by atoms with Crippen LogP contribution in [-0.4, -0.2) is 21.4 Å². The molecule has 0 saturated heterocycles. The molecule has 6 nitrogen and oxygen atoms in total. The summed E-state index contributed by atoms with van der Waals surface area (Å²) in [6, 6.07) is 11.6. The number of hydrogen-bond acceptors (Lipinski definition) is 6. The number of hydrogen-bond donors (Lipinski definition) is 1. The molecule has 1 aromatic heterocycles. The molecule has 0 aliphatic rings. The van der Waals surface area contributed by atoms with E-state index in [0.29, 0.717) is 5.69 Å². The molecule has 0 aliphatic heterocycles. The molecule has 0 spiro atoms. The number of ether oxygens (including phenoxy) is 1. The van der Waals surface area contributed by atoms with Crippen LogP contribution in [0.2, 0.25) is 0 Å². The Morgan fingerprint density at radius 2 is 1.93 bits per heavy atom. The van der Waals surface area contributed by atoms with Crippen LogP contribution < -0.4 is 10.1 Å². The predicted octanol–water partition coefficient (Wildman–Crippen LogP) is 4.61. The van der Waals surface area contributed by atoms with E-state index in [1.807, 2.05) is 0 Å². The van der Waals surface area contributed by atoms with Gasteiger partial charge in [-0.15, -0.1) is 10.2 Å². The van der Waals surface area contributed by atoms with E-state index in [9.17, 15) is 13.6 Å². The summed E-state index contributed by atoms with van der Waals surface area (Å²) in [6.07, 6.45) is -0.671. The first-order valence-corrected chi connectivity index (χ1v) is 9.28. The van der Waals surface area contributed by atoms with E-state index < -0.39 is 23.0 Å². The van der Waals surface area contributed by atoms with Crippen molar-refractivity contribution in [3.63, 3.8) is 0 Å². The molecular weight excluding hydrogens is 388 g/mol.